The van der Waals surface area contributed by atoms with Gasteiger partial charge in [-0.15, -0.1) is 0 Å². The standard InChI is InChI=1S/C27H28N4O4/c1-14-10-15(2)23-18(11-14)27(26(34)29-23)22-21(24(32)31(25(22)33)8-9-35-3)20(30-27)12-16-13-28-19-7-5-4-6-17(16)19/h4-7,10-11,13,20-22,28,30H,8-9,12H2,1-3H3,(H,29,34)/t20-,21+,22-,27+/m0/s1. The zero-order chi connectivity index (χ0) is 24.5. The molecular weight excluding hydrogens is 444 g/mol. The molecule has 0 radical (unpaired) electrons. The van der Waals surface area contributed by atoms with Gasteiger partial charge in [0.1, 0.15) is 5.54 Å². The maximum Gasteiger partial charge on any atom is 0.250 e. The first-order valence-electron chi connectivity index (χ1n) is 12.0. The number of rotatable bonds is 5. The molecule has 8 nitrogen and oxygen atoms in total. The molecular formula is C27H28N4O4. The number of aryl methyl sites for hydroxylation is 2. The second-order valence-corrected chi connectivity index (χ2v) is 9.91. The number of imide groups is 1. The number of amides is 3. The molecule has 1 aromatic heterocycles. The minimum atomic E-state index is -1.29. The highest BCUT2D eigenvalue weighted by atomic mass is 16.5. The Morgan fingerprint density at radius 1 is 1.09 bits per heavy atom. The Morgan fingerprint density at radius 3 is 2.69 bits per heavy atom. The number of nitrogens with zero attached hydrogens (tertiary/aromatic N) is 1. The lowest BCUT2D eigenvalue weighted by Crippen LogP contribution is -2.53. The second-order valence-electron chi connectivity index (χ2n) is 9.91. The number of nitrogens with one attached hydrogen (secondary N) is 3. The maximum atomic E-state index is 13.8. The van der Waals surface area contributed by atoms with Gasteiger partial charge < -0.3 is 15.0 Å². The monoisotopic (exact) mass is 472 g/mol. The van der Waals surface area contributed by atoms with E-state index >= 15 is 0 Å². The molecule has 2 aromatic carbocycles. The minimum absolute atomic E-state index is 0.179. The Morgan fingerprint density at radius 2 is 1.89 bits per heavy atom. The number of anilines is 1. The highest BCUT2D eigenvalue weighted by Gasteiger charge is 2.70. The summed E-state index contributed by atoms with van der Waals surface area (Å²) in [6, 6.07) is 11.6. The number of aromatic amines is 1. The fourth-order valence-electron chi connectivity index (χ4n) is 6.43. The van der Waals surface area contributed by atoms with Crippen LogP contribution in [0.5, 0.6) is 0 Å². The third-order valence-electron chi connectivity index (χ3n) is 7.89. The van der Waals surface area contributed by atoms with E-state index in [4.69, 9.17) is 4.74 Å². The molecule has 6 rings (SSSR count). The topological polar surface area (TPSA) is 104 Å². The predicted molar refractivity (Wildman–Crippen MR) is 131 cm³/mol. The van der Waals surface area contributed by atoms with E-state index < -0.39 is 17.4 Å². The number of hydrogen-bond acceptors (Lipinski definition) is 5. The van der Waals surface area contributed by atoms with Crippen LogP contribution in [-0.4, -0.2) is 53.9 Å². The van der Waals surface area contributed by atoms with Gasteiger partial charge in [-0.1, -0.05) is 35.9 Å². The van der Waals surface area contributed by atoms with Gasteiger partial charge in [0.15, 0.2) is 0 Å². The van der Waals surface area contributed by atoms with Crippen molar-refractivity contribution in [2.45, 2.75) is 31.8 Å². The van der Waals surface area contributed by atoms with Crippen LogP contribution in [0, 0.1) is 25.7 Å². The molecule has 0 unspecified atom stereocenters. The van der Waals surface area contributed by atoms with Crippen LogP contribution < -0.4 is 10.6 Å². The number of hydrogen-bond donors (Lipinski definition) is 3. The van der Waals surface area contributed by atoms with Gasteiger partial charge in [0.25, 0.3) is 0 Å². The van der Waals surface area contributed by atoms with Crippen LogP contribution in [0.1, 0.15) is 22.3 Å². The summed E-state index contributed by atoms with van der Waals surface area (Å²) in [5, 5.41) is 7.64. The third kappa shape index (κ3) is 2.96. The van der Waals surface area contributed by atoms with E-state index in [1.165, 1.54) is 4.90 Å². The average Bonchev–Trinajstić information content (AvgIpc) is 3.53. The molecule has 3 amide bonds. The summed E-state index contributed by atoms with van der Waals surface area (Å²) in [6.45, 7) is 4.36. The van der Waals surface area contributed by atoms with E-state index in [2.05, 4.69) is 15.6 Å². The first-order valence-corrected chi connectivity index (χ1v) is 12.0. The van der Waals surface area contributed by atoms with Gasteiger partial charge in [-0.2, -0.15) is 0 Å². The zero-order valence-corrected chi connectivity index (χ0v) is 20.0. The second kappa shape index (κ2) is 7.76. The number of fused-ring (bicyclic) bond motifs is 5. The summed E-state index contributed by atoms with van der Waals surface area (Å²) >= 11 is 0. The largest absolute Gasteiger partial charge is 0.383 e. The summed E-state index contributed by atoms with van der Waals surface area (Å²) in [6.07, 6.45) is 2.46. The first kappa shape index (κ1) is 22.0. The van der Waals surface area contributed by atoms with Crippen molar-refractivity contribution in [1.29, 1.82) is 0 Å². The van der Waals surface area contributed by atoms with Gasteiger partial charge in [-0.05, 0) is 37.5 Å². The molecule has 3 aliphatic rings. The maximum absolute atomic E-state index is 13.8. The molecule has 0 saturated carbocycles. The summed E-state index contributed by atoms with van der Waals surface area (Å²) in [7, 11) is 1.54. The molecule has 0 bridgehead atoms. The van der Waals surface area contributed by atoms with Crippen molar-refractivity contribution in [3.05, 3.63) is 64.8 Å². The highest BCUT2D eigenvalue weighted by Crippen LogP contribution is 2.54. The lowest BCUT2D eigenvalue weighted by Gasteiger charge is -2.29. The van der Waals surface area contributed by atoms with Crippen molar-refractivity contribution in [3.8, 4) is 0 Å². The summed E-state index contributed by atoms with van der Waals surface area (Å²) < 4.78 is 5.16. The van der Waals surface area contributed by atoms with Crippen LogP contribution in [0.3, 0.4) is 0 Å². The minimum Gasteiger partial charge on any atom is -0.383 e. The van der Waals surface area contributed by atoms with Crippen molar-refractivity contribution in [2.75, 3.05) is 25.6 Å². The van der Waals surface area contributed by atoms with Gasteiger partial charge in [0, 0.05) is 41.5 Å². The van der Waals surface area contributed by atoms with Crippen molar-refractivity contribution in [3.63, 3.8) is 0 Å². The third-order valence-corrected chi connectivity index (χ3v) is 7.89. The SMILES string of the molecule is COCCN1C(=O)[C@@H]2[C@H](Cc3c[nH]c4ccccc34)N[C@@]3(C(=O)Nc4c(C)cc(C)cc43)[C@@H]2C1=O. The van der Waals surface area contributed by atoms with Crippen molar-refractivity contribution < 1.29 is 19.1 Å². The normalized spacial score (nSPS) is 27.2. The van der Waals surface area contributed by atoms with Gasteiger partial charge in [-0.25, -0.2) is 0 Å². The van der Waals surface area contributed by atoms with Gasteiger partial charge in [0.2, 0.25) is 17.7 Å². The van der Waals surface area contributed by atoms with Gasteiger partial charge in [0.05, 0.1) is 25.0 Å². The molecule has 35 heavy (non-hydrogen) atoms. The van der Waals surface area contributed by atoms with Crippen molar-refractivity contribution >= 4 is 34.3 Å². The van der Waals surface area contributed by atoms with Crippen LogP contribution in [0.2, 0.25) is 0 Å². The molecule has 3 aliphatic heterocycles. The Balaban J connectivity index is 1.49. The Labute approximate surface area is 203 Å². The number of carbonyl (C=O) groups is 3. The van der Waals surface area contributed by atoms with E-state index in [1.807, 2.05) is 56.4 Å². The summed E-state index contributed by atoms with van der Waals surface area (Å²) in [5.41, 5.74) is 4.20. The molecule has 4 heterocycles. The lowest BCUT2D eigenvalue weighted by atomic mass is 9.75. The quantitative estimate of drug-likeness (QED) is 0.495. The lowest BCUT2D eigenvalue weighted by molar-refractivity contribution is -0.143. The molecule has 180 valence electrons. The molecule has 2 saturated heterocycles. The van der Waals surface area contributed by atoms with E-state index in [9.17, 15) is 14.4 Å². The number of carbonyl (C=O) groups excluding carboxylic acids is 3. The molecule has 4 atom stereocenters. The van der Waals surface area contributed by atoms with E-state index in [1.54, 1.807) is 7.11 Å². The van der Waals surface area contributed by atoms with Crippen LogP contribution in [0.15, 0.2) is 42.6 Å². The van der Waals surface area contributed by atoms with Crippen LogP contribution in [-0.2, 0) is 31.1 Å². The Hall–Kier alpha value is -3.49. The van der Waals surface area contributed by atoms with Crippen LogP contribution in [0.25, 0.3) is 10.9 Å². The Kier molecular flexibility index (Phi) is 4.88. The number of aromatic nitrogens is 1. The van der Waals surface area contributed by atoms with Gasteiger partial charge >= 0.3 is 0 Å². The average molecular weight is 473 g/mol. The Bertz CT molecular complexity index is 1400. The molecule has 1 spiro atoms. The number of likely N-dealkylation sites (tertiary alicyclic amines) is 1. The number of benzene rings is 2. The number of para-hydroxylation sites is 1. The van der Waals surface area contributed by atoms with Crippen molar-refractivity contribution in [2.24, 2.45) is 11.8 Å². The molecule has 2 fully saturated rings. The van der Waals surface area contributed by atoms with Crippen LogP contribution in [0.4, 0.5) is 5.69 Å². The summed E-state index contributed by atoms with van der Waals surface area (Å²) in [5.74, 6) is -2.28. The summed E-state index contributed by atoms with van der Waals surface area (Å²) in [4.78, 5) is 45.7. The smallest absolute Gasteiger partial charge is 0.250 e. The van der Waals surface area contributed by atoms with E-state index in [0.717, 1.165) is 38.8 Å². The molecule has 3 aromatic rings. The first-order chi connectivity index (χ1) is 16.9. The molecule has 8 heteroatoms. The predicted octanol–water partition coefficient (Wildman–Crippen LogP) is 2.39. The van der Waals surface area contributed by atoms with Gasteiger partial charge in [-0.3, -0.25) is 24.6 Å². The van der Waals surface area contributed by atoms with E-state index in [0.29, 0.717) is 6.42 Å². The molecule has 3 N–H and O–H groups in total. The van der Waals surface area contributed by atoms with Crippen LogP contribution >= 0.6 is 0 Å². The highest BCUT2D eigenvalue weighted by molar-refractivity contribution is 6.15. The zero-order valence-electron chi connectivity index (χ0n) is 20.0. The van der Waals surface area contributed by atoms with Crippen molar-refractivity contribution in [1.82, 2.24) is 15.2 Å². The fraction of sp³-hybridized carbons (Fsp3) is 0.370. The molecule has 0 aliphatic carbocycles. The number of methoxy groups -OCH3 is 1. The number of ether oxygens (including phenoxy) is 1. The fourth-order valence-corrected chi connectivity index (χ4v) is 6.43. The van der Waals surface area contributed by atoms with E-state index in [-0.39, 0.29) is 36.9 Å². The number of H-pyrrole nitrogens is 1.